The normalized spacial score (nSPS) is 10.0. The Morgan fingerprint density at radius 1 is 1.50 bits per heavy atom. The second-order valence-electron chi connectivity index (χ2n) is 2.47. The van der Waals surface area contributed by atoms with Crippen LogP contribution in [0.4, 0.5) is 4.39 Å². The van der Waals surface area contributed by atoms with Crippen molar-refractivity contribution in [1.82, 2.24) is 0 Å². The first-order chi connectivity index (χ1) is 6.56. The molecule has 76 valence electrons. The maximum atomic E-state index is 13.0. The van der Waals surface area contributed by atoms with E-state index in [-0.39, 0.29) is 22.2 Å². The fourth-order valence-corrected chi connectivity index (χ4v) is 1.30. The highest BCUT2D eigenvalue weighted by molar-refractivity contribution is 6.35. The molecule has 0 fully saturated rings. The topological polar surface area (TPSA) is 26.3 Å². The summed E-state index contributed by atoms with van der Waals surface area (Å²) in [7, 11) is 0. The second kappa shape index (κ2) is 4.62. The van der Waals surface area contributed by atoms with Gasteiger partial charge >= 0.3 is 5.97 Å². The Morgan fingerprint density at radius 2 is 2.14 bits per heavy atom. The van der Waals surface area contributed by atoms with Crippen LogP contribution in [-0.2, 0) is 4.74 Å². The Kier molecular flexibility index (Phi) is 3.72. The summed E-state index contributed by atoms with van der Waals surface area (Å²) in [5.74, 6) is -1.42. The summed E-state index contributed by atoms with van der Waals surface area (Å²) in [6.07, 6.45) is 0. The molecule has 0 bridgehead atoms. The predicted molar refractivity (Wildman–Crippen MR) is 52.4 cm³/mol. The first-order valence-corrected chi connectivity index (χ1v) is 4.63. The summed E-state index contributed by atoms with van der Waals surface area (Å²) >= 11 is 11.1. The maximum absolute atomic E-state index is 13.0. The molecule has 0 aliphatic rings. The Morgan fingerprint density at radius 3 is 2.71 bits per heavy atom. The van der Waals surface area contributed by atoms with E-state index >= 15 is 0 Å². The lowest BCUT2D eigenvalue weighted by Crippen LogP contribution is -2.06. The van der Waals surface area contributed by atoms with Crippen LogP contribution in [0.2, 0.25) is 10.0 Å². The Balaban J connectivity index is 3.13. The summed E-state index contributed by atoms with van der Waals surface area (Å²) in [5, 5.41) is -0.164. The molecule has 0 spiro atoms. The van der Waals surface area contributed by atoms with Crippen molar-refractivity contribution in [2.75, 3.05) is 6.61 Å². The van der Waals surface area contributed by atoms with Gasteiger partial charge in [0.25, 0.3) is 0 Å². The van der Waals surface area contributed by atoms with Crippen LogP contribution in [0, 0.1) is 5.82 Å². The summed E-state index contributed by atoms with van der Waals surface area (Å²) in [6.45, 7) is 1.84. The highest BCUT2D eigenvalue weighted by atomic mass is 35.5. The minimum atomic E-state index is -0.734. The molecule has 0 saturated heterocycles. The van der Waals surface area contributed by atoms with E-state index in [0.29, 0.717) is 0 Å². The molecule has 14 heavy (non-hydrogen) atoms. The van der Waals surface area contributed by atoms with Crippen molar-refractivity contribution in [2.45, 2.75) is 6.92 Å². The summed E-state index contributed by atoms with van der Waals surface area (Å²) in [4.78, 5) is 11.2. The number of esters is 1. The van der Waals surface area contributed by atoms with Gasteiger partial charge in [-0.15, -0.1) is 0 Å². The van der Waals surface area contributed by atoms with E-state index in [1.165, 1.54) is 6.07 Å². The van der Waals surface area contributed by atoms with Gasteiger partial charge in [-0.2, -0.15) is 0 Å². The Hall–Kier alpha value is -0.800. The number of hydrogen-bond acceptors (Lipinski definition) is 2. The number of rotatable bonds is 2. The van der Waals surface area contributed by atoms with Crippen LogP contribution in [0.1, 0.15) is 17.3 Å². The molecule has 1 aromatic carbocycles. The van der Waals surface area contributed by atoms with Crippen LogP contribution in [0.15, 0.2) is 12.1 Å². The van der Waals surface area contributed by atoms with E-state index in [4.69, 9.17) is 23.2 Å². The van der Waals surface area contributed by atoms with Crippen molar-refractivity contribution >= 4 is 29.2 Å². The molecule has 0 aliphatic carbocycles. The maximum Gasteiger partial charge on any atom is 0.339 e. The fourth-order valence-electron chi connectivity index (χ4n) is 0.913. The van der Waals surface area contributed by atoms with Crippen molar-refractivity contribution in [1.29, 1.82) is 0 Å². The van der Waals surface area contributed by atoms with E-state index < -0.39 is 11.8 Å². The lowest BCUT2D eigenvalue weighted by atomic mass is 10.2. The standard InChI is InChI=1S/C9H7Cl2FO2/c1-2-14-9(13)6-3-5(10)4-7(12)8(6)11/h3-4H,2H2,1H3. The third-order valence-corrected chi connectivity index (χ3v) is 2.09. The first-order valence-electron chi connectivity index (χ1n) is 3.88. The molecule has 0 saturated carbocycles. The van der Waals surface area contributed by atoms with Crippen LogP contribution in [-0.4, -0.2) is 12.6 Å². The molecular weight excluding hydrogens is 230 g/mol. The molecule has 5 heteroatoms. The van der Waals surface area contributed by atoms with Gasteiger partial charge in [-0.1, -0.05) is 23.2 Å². The lowest BCUT2D eigenvalue weighted by Gasteiger charge is -2.05. The third-order valence-electron chi connectivity index (χ3n) is 1.49. The molecule has 0 radical (unpaired) electrons. The number of halogens is 3. The van der Waals surface area contributed by atoms with Gasteiger partial charge in [-0.25, -0.2) is 9.18 Å². The van der Waals surface area contributed by atoms with E-state index in [2.05, 4.69) is 4.74 Å². The fraction of sp³-hybridized carbons (Fsp3) is 0.222. The molecule has 0 unspecified atom stereocenters. The number of hydrogen-bond donors (Lipinski definition) is 0. The molecule has 1 rings (SSSR count). The molecule has 0 amide bonds. The highest BCUT2D eigenvalue weighted by Gasteiger charge is 2.15. The number of carbonyl (C=O) groups is 1. The van der Waals surface area contributed by atoms with Gasteiger partial charge in [0.2, 0.25) is 0 Å². The van der Waals surface area contributed by atoms with Crippen molar-refractivity contribution in [3.05, 3.63) is 33.6 Å². The highest BCUT2D eigenvalue weighted by Crippen LogP contribution is 2.25. The van der Waals surface area contributed by atoms with Gasteiger partial charge in [-0.05, 0) is 19.1 Å². The molecule has 0 N–H and O–H groups in total. The average Bonchev–Trinajstić information content (AvgIpc) is 2.11. The largest absolute Gasteiger partial charge is 0.462 e. The molecule has 0 heterocycles. The van der Waals surface area contributed by atoms with Crippen LogP contribution >= 0.6 is 23.2 Å². The number of ether oxygens (including phenoxy) is 1. The minimum Gasteiger partial charge on any atom is -0.462 e. The van der Waals surface area contributed by atoms with Crippen molar-refractivity contribution in [3.8, 4) is 0 Å². The minimum absolute atomic E-state index is 0.0569. The van der Waals surface area contributed by atoms with Crippen molar-refractivity contribution in [2.24, 2.45) is 0 Å². The number of benzene rings is 1. The van der Waals surface area contributed by atoms with Crippen LogP contribution in [0.3, 0.4) is 0 Å². The van der Waals surface area contributed by atoms with Crippen LogP contribution in [0.25, 0.3) is 0 Å². The van der Waals surface area contributed by atoms with Crippen molar-refractivity contribution in [3.63, 3.8) is 0 Å². The molecule has 0 aliphatic heterocycles. The molecule has 0 aromatic heterocycles. The van der Waals surface area contributed by atoms with E-state index in [1.54, 1.807) is 6.92 Å². The predicted octanol–water partition coefficient (Wildman–Crippen LogP) is 3.31. The zero-order valence-corrected chi connectivity index (χ0v) is 8.82. The molecular formula is C9H7Cl2FO2. The van der Waals surface area contributed by atoms with Gasteiger partial charge in [0.15, 0.2) is 0 Å². The SMILES string of the molecule is CCOC(=O)c1cc(Cl)cc(F)c1Cl. The zero-order valence-electron chi connectivity index (χ0n) is 7.31. The smallest absolute Gasteiger partial charge is 0.339 e. The third kappa shape index (κ3) is 2.36. The monoisotopic (exact) mass is 236 g/mol. The quantitative estimate of drug-likeness (QED) is 0.582. The second-order valence-corrected chi connectivity index (χ2v) is 3.28. The van der Waals surface area contributed by atoms with Gasteiger partial charge in [0.05, 0.1) is 17.2 Å². The van der Waals surface area contributed by atoms with E-state index in [0.717, 1.165) is 6.07 Å². The molecule has 2 nitrogen and oxygen atoms in total. The molecule has 0 atom stereocenters. The molecule has 1 aromatic rings. The lowest BCUT2D eigenvalue weighted by molar-refractivity contribution is 0.0526. The summed E-state index contributed by atoms with van der Waals surface area (Å²) < 4.78 is 17.7. The number of carbonyl (C=O) groups excluding carboxylic acids is 1. The van der Waals surface area contributed by atoms with Gasteiger partial charge in [0, 0.05) is 5.02 Å². The van der Waals surface area contributed by atoms with Gasteiger partial charge < -0.3 is 4.74 Å². The Bertz CT molecular complexity index is 366. The summed E-state index contributed by atoms with van der Waals surface area (Å²) in [5.41, 5.74) is -0.0569. The average molecular weight is 237 g/mol. The van der Waals surface area contributed by atoms with Crippen LogP contribution in [0.5, 0.6) is 0 Å². The summed E-state index contributed by atoms with van der Waals surface area (Å²) in [6, 6.07) is 2.30. The van der Waals surface area contributed by atoms with E-state index in [1.807, 2.05) is 0 Å². The zero-order chi connectivity index (χ0) is 10.7. The van der Waals surface area contributed by atoms with Crippen LogP contribution < -0.4 is 0 Å². The first kappa shape index (κ1) is 11.3. The van der Waals surface area contributed by atoms with Gasteiger partial charge in [-0.3, -0.25) is 0 Å². The van der Waals surface area contributed by atoms with Crippen molar-refractivity contribution < 1.29 is 13.9 Å². The Labute approximate surface area is 90.6 Å². The van der Waals surface area contributed by atoms with Gasteiger partial charge in [0.1, 0.15) is 5.82 Å². The van der Waals surface area contributed by atoms with E-state index in [9.17, 15) is 9.18 Å².